The minimum Gasteiger partial charge on any atom is -0.454 e. The second kappa shape index (κ2) is 3.23. The number of rotatable bonds is 2. The van der Waals surface area contributed by atoms with Crippen molar-refractivity contribution in [2.24, 2.45) is 5.73 Å². The number of halogens is 1. The molecule has 0 amide bonds. The van der Waals surface area contributed by atoms with Gasteiger partial charge >= 0.3 is 0 Å². The van der Waals surface area contributed by atoms with Gasteiger partial charge in [0.2, 0.25) is 0 Å². The smallest absolute Gasteiger partial charge is 0.169 e. The molecular weight excluding hydrogens is 218 g/mol. The molecule has 0 bridgehead atoms. The van der Waals surface area contributed by atoms with Gasteiger partial charge < -0.3 is 10.2 Å². The summed E-state index contributed by atoms with van der Waals surface area (Å²) >= 11 is 3.26. The Balaban J connectivity index is 2.85. The Hall–Kier alpha value is -0.280. The van der Waals surface area contributed by atoms with E-state index in [4.69, 9.17) is 10.2 Å². The van der Waals surface area contributed by atoms with Gasteiger partial charge in [-0.1, -0.05) is 6.92 Å². The molecule has 0 radical (unpaired) electrons. The van der Waals surface area contributed by atoms with E-state index in [1.807, 2.05) is 26.0 Å². The van der Waals surface area contributed by atoms with Crippen LogP contribution in [0.5, 0.6) is 0 Å². The van der Waals surface area contributed by atoms with Gasteiger partial charge in [-0.2, -0.15) is 0 Å². The van der Waals surface area contributed by atoms with Crippen LogP contribution in [0.4, 0.5) is 0 Å². The first-order chi connectivity index (χ1) is 5.41. The topological polar surface area (TPSA) is 39.2 Å². The predicted octanol–water partition coefficient (Wildman–Crippen LogP) is 2.88. The van der Waals surface area contributed by atoms with E-state index in [0.717, 1.165) is 10.4 Å². The van der Waals surface area contributed by atoms with Crippen molar-refractivity contribution in [2.75, 3.05) is 0 Å². The van der Waals surface area contributed by atoms with Crippen LogP contribution in [-0.2, 0) is 0 Å². The third kappa shape index (κ3) is 2.11. The number of hydrogen-bond acceptors (Lipinski definition) is 2. The number of nitrogens with two attached hydrogens (primary N) is 1. The van der Waals surface area contributed by atoms with Gasteiger partial charge in [-0.25, -0.2) is 0 Å². The summed E-state index contributed by atoms with van der Waals surface area (Å²) in [6.07, 6.45) is 0. The first-order valence-electron chi connectivity index (χ1n) is 3.95. The molecule has 68 valence electrons. The molecule has 2 N–H and O–H groups in total. The highest BCUT2D eigenvalue weighted by Gasteiger charge is 2.24. The van der Waals surface area contributed by atoms with E-state index in [-0.39, 0.29) is 11.5 Å². The summed E-state index contributed by atoms with van der Waals surface area (Å²) in [5.74, 6) is 1.15. The van der Waals surface area contributed by atoms with Crippen molar-refractivity contribution in [3.8, 4) is 0 Å². The Morgan fingerprint density at radius 2 is 2.08 bits per heavy atom. The van der Waals surface area contributed by atoms with Gasteiger partial charge in [-0.3, -0.25) is 0 Å². The summed E-state index contributed by atoms with van der Waals surface area (Å²) in [7, 11) is 0. The molecule has 0 fully saturated rings. The Kier molecular flexibility index (Phi) is 2.64. The molecule has 1 unspecified atom stereocenters. The van der Waals surface area contributed by atoms with Crippen LogP contribution in [-0.4, -0.2) is 5.54 Å². The lowest BCUT2D eigenvalue weighted by Gasteiger charge is -2.25. The molecule has 0 saturated carbocycles. The van der Waals surface area contributed by atoms with Crippen LogP contribution >= 0.6 is 15.9 Å². The summed E-state index contributed by atoms with van der Waals surface area (Å²) in [5.41, 5.74) is 5.71. The van der Waals surface area contributed by atoms with Gasteiger partial charge in [-0.05, 0) is 41.9 Å². The fourth-order valence-electron chi connectivity index (χ4n) is 0.928. The van der Waals surface area contributed by atoms with Crippen molar-refractivity contribution in [2.45, 2.75) is 32.2 Å². The van der Waals surface area contributed by atoms with E-state index in [1.54, 1.807) is 0 Å². The highest BCUT2D eigenvalue weighted by Crippen LogP contribution is 2.28. The molecule has 0 aliphatic heterocycles. The minimum atomic E-state index is -0.239. The normalized spacial score (nSPS) is 14.8. The number of hydrogen-bond donors (Lipinski definition) is 1. The quantitative estimate of drug-likeness (QED) is 0.851. The zero-order valence-corrected chi connectivity index (χ0v) is 9.18. The largest absolute Gasteiger partial charge is 0.454 e. The lowest BCUT2D eigenvalue weighted by atomic mass is 9.88. The second-order valence-electron chi connectivity index (χ2n) is 3.68. The molecule has 3 heteroatoms. The Morgan fingerprint density at radius 3 is 2.42 bits per heavy atom. The van der Waals surface area contributed by atoms with E-state index in [9.17, 15) is 0 Å². The molecule has 1 heterocycles. The molecule has 0 aliphatic rings. The van der Waals surface area contributed by atoms with Crippen LogP contribution in [0.2, 0.25) is 0 Å². The van der Waals surface area contributed by atoms with Gasteiger partial charge in [0.05, 0.1) is 0 Å². The molecule has 0 saturated heterocycles. The first kappa shape index (κ1) is 9.81. The average molecular weight is 232 g/mol. The molecule has 0 spiro atoms. The summed E-state index contributed by atoms with van der Waals surface area (Å²) in [6, 6.07) is 3.83. The first-order valence-corrected chi connectivity index (χ1v) is 4.74. The Labute approximate surface area is 81.3 Å². The fourth-order valence-corrected chi connectivity index (χ4v) is 1.25. The van der Waals surface area contributed by atoms with E-state index in [0.29, 0.717) is 0 Å². The molecule has 1 aromatic rings. The average Bonchev–Trinajstić information content (AvgIpc) is 2.32. The highest BCUT2D eigenvalue weighted by molar-refractivity contribution is 9.10. The standard InChI is InChI=1S/C9H14BrNO/c1-6(9(2,3)11)7-4-5-8(10)12-7/h4-6H,11H2,1-3H3. The molecular formula is C9H14BrNO. The maximum Gasteiger partial charge on any atom is 0.169 e. The van der Waals surface area contributed by atoms with Crippen molar-refractivity contribution in [1.82, 2.24) is 0 Å². The van der Waals surface area contributed by atoms with Gasteiger partial charge in [0.15, 0.2) is 4.67 Å². The van der Waals surface area contributed by atoms with E-state index >= 15 is 0 Å². The summed E-state index contributed by atoms with van der Waals surface area (Å²) in [5, 5.41) is 0. The van der Waals surface area contributed by atoms with Crippen LogP contribution in [0, 0.1) is 0 Å². The summed E-state index contributed by atoms with van der Waals surface area (Å²) in [4.78, 5) is 0. The van der Waals surface area contributed by atoms with Gasteiger partial charge in [0.25, 0.3) is 0 Å². The van der Waals surface area contributed by atoms with Gasteiger partial charge in [0.1, 0.15) is 5.76 Å². The highest BCUT2D eigenvalue weighted by atomic mass is 79.9. The lowest BCUT2D eigenvalue weighted by Crippen LogP contribution is -2.37. The summed E-state index contributed by atoms with van der Waals surface area (Å²) in [6.45, 7) is 6.05. The van der Waals surface area contributed by atoms with Crippen LogP contribution in [0.25, 0.3) is 0 Å². The van der Waals surface area contributed by atoms with Crippen LogP contribution in [0.3, 0.4) is 0 Å². The van der Waals surface area contributed by atoms with Crippen molar-refractivity contribution in [3.63, 3.8) is 0 Å². The molecule has 2 nitrogen and oxygen atoms in total. The van der Waals surface area contributed by atoms with Gasteiger partial charge in [-0.15, -0.1) is 0 Å². The van der Waals surface area contributed by atoms with E-state index in [2.05, 4.69) is 22.9 Å². The van der Waals surface area contributed by atoms with E-state index < -0.39 is 0 Å². The van der Waals surface area contributed by atoms with E-state index in [1.165, 1.54) is 0 Å². The van der Waals surface area contributed by atoms with Crippen molar-refractivity contribution < 1.29 is 4.42 Å². The van der Waals surface area contributed by atoms with Gasteiger partial charge in [0, 0.05) is 11.5 Å². The van der Waals surface area contributed by atoms with Crippen molar-refractivity contribution >= 4 is 15.9 Å². The zero-order valence-electron chi connectivity index (χ0n) is 7.60. The third-order valence-corrected chi connectivity index (χ3v) is 2.56. The molecule has 0 aromatic carbocycles. The second-order valence-corrected chi connectivity index (χ2v) is 4.47. The maximum atomic E-state index is 5.94. The summed E-state index contributed by atoms with van der Waals surface area (Å²) < 4.78 is 6.17. The Morgan fingerprint density at radius 1 is 1.50 bits per heavy atom. The fraction of sp³-hybridized carbons (Fsp3) is 0.556. The van der Waals surface area contributed by atoms with Crippen LogP contribution < -0.4 is 5.73 Å². The molecule has 1 aromatic heterocycles. The monoisotopic (exact) mass is 231 g/mol. The predicted molar refractivity (Wildman–Crippen MR) is 53.1 cm³/mol. The molecule has 0 aliphatic carbocycles. The molecule has 1 atom stereocenters. The minimum absolute atomic E-state index is 0.226. The van der Waals surface area contributed by atoms with Crippen LogP contribution in [0.15, 0.2) is 21.2 Å². The lowest BCUT2D eigenvalue weighted by molar-refractivity contribution is 0.360. The zero-order chi connectivity index (χ0) is 9.35. The maximum absolute atomic E-state index is 5.94. The number of furan rings is 1. The Bertz CT molecular complexity index is 262. The van der Waals surface area contributed by atoms with Crippen LogP contribution in [0.1, 0.15) is 32.4 Å². The van der Waals surface area contributed by atoms with Crippen molar-refractivity contribution in [3.05, 3.63) is 22.6 Å². The third-order valence-electron chi connectivity index (χ3n) is 2.14. The van der Waals surface area contributed by atoms with Crippen molar-refractivity contribution in [1.29, 1.82) is 0 Å². The molecule has 12 heavy (non-hydrogen) atoms. The SMILES string of the molecule is CC(c1ccc(Br)o1)C(C)(C)N. The molecule has 1 rings (SSSR count).